The molecule has 0 bridgehead atoms. The molecule has 2 aliphatic carbocycles. The van der Waals surface area contributed by atoms with Crippen LogP contribution in [0.25, 0.3) is 0 Å². The van der Waals surface area contributed by atoms with Gasteiger partial charge in [-0.25, -0.2) is 0 Å². The van der Waals surface area contributed by atoms with Gasteiger partial charge in [0.25, 0.3) is 0 Å². The third-order valence-corrected chi connectivity index (χ3v) is 3.30. The Labute approximate surface area is 87.4 Å². The van der Waals surface area contributed by atoms with Gasteiger partial charge in [-0.15, -0.1) is 6.58 Å². The van der Waals surface area contributed by atoms with E-state index in [1.807, 2.05) is 0 Å². The Kier molecular flexibility index (Phi) is 2.62. The summed E-state index contributed by atoms with van der Waals surface area (Å²) in [5, 5.41) is 0. The predicted molar refractivity (Wildman–Crippen MR) is 62.1 cm³/mol. The Morgan fingerprint density at radius 3 is 2.50 bits per heavy atom. The quantitative estimate of drug-likeness (QED) is 0.578. The van der Waals surface area contributed by atoms with Gasteiger partial charge in [0.15, 0.2) is 0 Å². The van der Waals surface area contributed by atoms with E-state index >= 15 is 0 Å². The summed E-state index contributed by atoms with van der Waals surface area (Å²) in [6, 6.07) is 0. The molecule has 0 radical (unpaired) electrons. The van der Waals surface area contributed by atoms with Gasteiger partial charge in [0, 0.05) is 5.41 Å². The van der Waals surface area contributed by atoms with Crippen LogP contribution in [-0.4, -0.2) is 0 Å². The van der Waals surface area contributed by atoms with Crippen LogP contribution in [0.3, 0.4) is 0 Å². The molecular weight excluding hydrogens is 168 g/mol. The lowest BCUT2D eigenvalue weighted by Gasteiger charge is -2.24. The zero-order valence-corrected chi connectivity index (χ0v) is 9.13. The average molecular weight is 188 g/mol. The topological polar surface area (TPSA) is 0 Å². The van der Waals surface area contributed by atoms with Crippen LogP contribution >= 0.6 is 0 Å². The van der Waals surface area contributed by atoms with Crippen LogP contribution in [-0.2, 0) is 0 Å². The summed E-state index contributed by atoms with van der Waals surface area (Å²) in [4.78, 5) is 0. The Morgan fingerprint density at radius 1 is 1.36 bits per heavy atom. The third-order valence-electron chi connectivity index (χ3n) is 3.30. The van der Waals surface area contributed by atoms with Gasteiger partial charge in [-0.3, -0.25) is 0 Å². The number of hydrogen-bond acceptors (Lipinski definition) is 0. The van der Waals surface area contributed by atoms with E-state index < -0.39 is 0 Å². The minimum absolute atomic E-state index is 0.109. The summed E-state index contributed by atoms with van der Waals surface area (Å²) in [7, 11) is 0. The summed E-state index contributed by atoms with van der Waals surface area (Å²) in [5.41, 5.74) is 1.73. The lowest BCUT2D eigenvalue weighted by molar-refractivity contribution is 0.618. The lowest BCUT2D eigenvalue weighted by atomic mass is 9.81. The molecule has 0 aromatic carbocycles. The van der Waals surface area contributed by atoms with E-state index in [-0.39, 0.29) is 5.41 Å². The number of allylic oxidation sites excluding steroid dienone is 5. The number of rotatable bonds is 4. The van der Waals surface area contributed by atoms with E-state index in [0.29, 0.717) is 0 Å². The molecule has 1 atom stereocenters. The van der Waals surface area contributed by atoms with Crippen molar-refractivity contribution in [1.29, 1.82) is 0 Å². The smallest absolute Gasteiger partial charge is 0.0213 e. The molecule has 0 nitrogen and oxygen atoms in total. The molecule has 2 aliphatic rings. The number of hydrogen-bond donors (Lipinski definition) is 0. The Hall–Kier alpha value is -0.780. The van der Waals surface area contributed by atoms with Crippen LogP contribution in [0.2, 0.25) is 0 Å². The second-order valence-electron chi connectivity index (χ2n) is 4.92. The molecule has 0 aromatic heterocycles. The van der Waals surface area contributed by atoms with E-state index in [1.165, 1.54) is 32.1 Å². The maximum absolute atomic E-state index is 3.95. The van der Waals surface area contributed by atoms with E-state index in [1.54, 1.807) is 5.57 Å². The molecule has 14 heavy (non-hydrogen) atoms. The first-order chi connectivity index (χ1) is 6.72. The van der Waals surface area contributed by atoms with E-state index in [2.05, 4.69) is 37.8 Å². The maximum atomic E-state index is 3.95. The molecule has 0 heteroatoms. The highest BCUT2D eigenvalue weighted by Crippen LogP contribution is 2.35. The van der Waals surface area contributed by atoms with Gasteiger partial charge in [-0.05, 0) is 44.9 Å². The van der Waals surface area contributed by atoms with E-state index in [9.17, 15) is 0 Å². The minimum Gasteiger partial charge on any atom is -0.102 e. The first kappa shape index (κ1) is 9.76. The second kappa shape index (κ2) is 3.76. The van der Waals surface area contributed by atoms with Crippen molar-refractivity contribution in [2.24, 2.45) is 11.3 Å². The molecular formula is C14H20. The van der Waals surface area contributed by atoms with Crippen LogP contribution in [0.15, 0.2) is 36.5 Å². The van der Waals surface area contributed by atoms with Crippen molar-refractivity contribution in [3.8, 4) is 0 Å². The fraction of sp³-hybridized carbons (Fsp3) is 0.571. The lowest BCUT2D eigenvalue weighted by Crippen LogP contribution is -2.09. The summed E-state index contributed by atoms with van der Waals surface area (Å²) in [6.07, 6.45) is 16.0. The van der Waals surface area contributed by atoms with Crippen LogP contribution in [0.1, 0.15) is 39.0 Å². The molecule has 0 aromatic rings. The van der Waals surface area contributed by atoms with Crippen LogP contribution in [0.5, 0.6) is 0 Å². The Morgan fingerprint density at radius 2 is 2.07 bits per heavy atom. The highest BCUT2D eigenvalue weighted by Gasteiger charge is 2.21. The van der Waals surface area contributed by atoms with Crippen molar-refractivity contribution in [3.05, 3.63) is 36.5 Å². The van der Waals surface area contributed by atoms with Crippen molar-refractivity contribution in [3.63, 3.8) is 0 Å². The summed E-state index contributed by atoms with van der Waals surface area (Å²) in [6.45, 7) is 6.20. The van der Waals surface area contributed by atoms with Gasteiger partial charge in [0.2, 0.25) is 0 Å². The van der Waals surface area contributed by atoms with Gasteiger partial charge >= 0.3 is 0 Å². The van der Waals surface area contributed by atoms with Gasteiger partial charge < -0.3 is 0 Å². The molecule has 2 saturated carbocycles. The fourth-order valence-corrected chi connectivity index (χ4v) is 1.77. The van der Waals surface area contributed by atoms with Crippen molar-refractivity contribution >= 4 is 0 Å². The molecule has 1 unspecified atom stereocenters. The van der Waals surface area contributed by atoms with Gasteiger partial charge in [0.05, 0.1) is 0 Å². The summed E-state index contributed by atoms with van der Waals surface area (Å²) >= 11 is 0. The van der Waals surface area contributed by atoms with Gasteiger partial charge in [-0.2, -0.15) is 0 Å². The van der Waals surface area contributed by atoms with Gasteiger partial charge in [0.1, 0.15) is 0 Å². The summed E-state index contributed by atoms with van der Waals surface area (Å²) in [5.74, 6) is 0.870. The second-order valence-corrected chi connectivity index (χ2v) is 4.92. The Bertz CT molecular complexity index is 272. The molecule has 76 valence electrons. The average Bonchev–Trinajstić information content (AvgIpc) is 2.92. The predicted octanol–water partition coefficient (Wildman–Crippen LogP) is 4.26. The zero-order valence-electron chi connectivity index (χ0n) is 9.13. The molecule has 0 heterocycles. The zero-order chi connectivity index (χ0) is 10.0. The third kappa shape index (κ3) is 2.37. The molecule has 2 fully saturated rings. The molecule has 0 aliphatic heterocycles. The van der Waals surface area contributed by atoms with E-state index in [4.69, 9.17) is 0 Å². The van der Waals surface area contributed by atoms with Gasteiger partial charge in [-0.1, -0.05) is 29.9 Å². The highest BCUT2D eigenvalue weighted by molar-refractivity contribution is 5.25. The fourth-order valence-electron chi connectivity index (χ4n) is 1.77. The normalized spacial score (nSPS) is 25.6. The van der Waals surface area contributed by atoms with Crippen molar-refractivity contribution < 1.29 is 0 Å². The largest absolute Gasteiger partial charge is 0.102 e. The van der Waals surface area contributed by atoms with Crippen molar-refractivity contribution in [1.82, 2.24) is 0 Å². The molecule has 0 spiro atoms. The minimum atomic E-state index is 0.109. The Balaban J connectivity index is 2.02. The van der Waals surface area contributed by atoms with Crippen LogP contribution in [0.4, 0.5) is 0 Å². The van der Waals surface area contributed by atoms with Crippen LogP contribution in [0, 0.1) is 11.3 Å². The molecule has 0 amide bonds. The molecule has 0 N–H and O–H groups in total. The SMILES string of the molecule is C=CC(C)(C=CC1CC1)C=C1CCC1. The highest BCUT2D eigenvalue weighted by atomic mass is 14.3. The van der Waals surface area contributed by atoms with Crippen molar-refractivity contribution in [2.75, 3.05) is 0 Å². The molecule has 0 saturated heterocycles. The first-order valence-corrected chi connectivity index (χ1v) is 5.75. The van der Waals surface area contributed by atoms with Crippen LogP contribution < -0.4 is 0 Å². The molecule has 2 rings (SSSR count). The summed E-state index contributed by atoms with van der Waals surface area (Å²) < 4.78 is 0. The van der Waals surface area contributed by atoms with Crippen molar-refractivity contribution in [2.45, 2.75) is 39.0 Å². The standard InChI is InChI=1S/C14H20/c1-3-14(2,10-9-12-7-8-12)11-13-5-4-6-13/h3,9-12H,1,4-8H2,2H3. The maximum Gasteiger partial charge on any atom is 0.0213 e. The monoisotopic (exact) mass is 188 g/mol. The first-order valence-electron chi connectivity index (χ1n) is 5.75. The van der Waals surface area contributed by atoms with E-state index in [0.717, 1.165) is 5.92 Å².